The van der Waals surface area contributed by atoms with Crippen molar-refractivity contribution in [2.75, 3.05) is 0 Å². The van der Waals surface area contributed by atoms with Gasteiger partial charge in [0.1, 0.15) is 0 Å². The molecule has 0 aliphatic heterocycles. The summed E-state index contributed by atoms with van der Waals surface area (Å²) < 4.78 is 73.2. The van der Waals surface area contributed by atoms with Crippen LogP contribution in [0, 0.1) is 5.41 Å². The number of halogens is 6. The van der Waals surface area contributed by atoms with Crippen LogP contribution in [0.5, 0.6) is 0 Å². The number of carbonyl (C=O) groups excluding carboxylic acids is 2. The van der Waals surface area contributed by atoms with Gasteiger partial charge in [-0.1, -0.05) is 0 Å². The van der Waals surface area contributed by atoms with Crippen molar-refractivity contribution in [3.8, 4) is 0 Å². The second-order valence-corrected chi connectivity index (χ2v) is 4.19. The van der Waals surface area contributed by atoms with E-state index >= 15 is 0 Å². The molecule has 4 nitrogen and oxygen atoms in total. The molecule has 0 rings (SSSR count). The quantitative estimate of drug-likeness (QED) is 0.729. The van der Waals surface area contributed by atoms with Gasteiger partial charge in [0.25, 0.3) is 0 Å². The van der Waals surface area contributed by atoms with Crippen LogP contribution >= 0.6 is 0 Å². The maximum Gasteiger partial charge on any atom is 0.390 e. The van der Waals surface area contributed by atoms with Gasteiger partial charge in [-0.05, 0) is 6.42 Å². The molecule has 0 spiro atoms. The number of hydrogen-bond donors (Lipinski definition) is 2. The number of primary amides is 2. The van der Waals surface area contributed by atoms with Gasteiger partial charge in [-0.2, -0.15) is 26.3 Å². The number of hydrogen-bond acceptors (Lipinski definition) is 2. The SMILES string of the molecule is NC(=O)CC(CCC(F)(F)F)(CC(F)(F)F)C(N)=O. The Kier molecular flexibility index (Phi) is 5.22. The van der Waals surface area contributed by atoms with Crippen LogP contribution in [0.4, 0.5) is 26.3 Å². The molecule has 0 saturated carbocycles. The lowest BCUT2D eigenvalue weighted by Gasteiger charge is -2.30. The Morgan fingerprint density at radius 2 is 1.32 bits per heavy atom. The molecule has 0 fully saturated rings. The Bertz CT molecular complexity index is 352. The highest BCUT2D eigenvalue weighted by atomic mass is 19.4. The number of carbonyl (C=O) groups is 2. The molecule has 4 N–H and O–H groups in total. The zero-order valence-electron chi connectivity index (χ0n) is 9.57. The van der Waals surface area contributed by atoms with Crippen molar-refractivity contribution < 1.29 is 35.9 Å². The molecule has 0 aromatic heterocycles. The molecule has 112 valence electrons. The molecule has 2 amide bonds. The molecule has 10 heteroatoms. The van der Waals surface area contributed by atoms with Crippen molar-refractivity contribution in [3.63, 3.8) is 0 Å². The van der Waals surface area contributed by atoms with E-state index in [0.29, 0.717) is 0 Å². The topological polar surface area (TPSA) is 86.2 Å². The minimum atomic E-state index is -4.95. The van der Waals surface area contributed by atoms with Crippen molar-refractivity contribution in [2.24, 2.45) is 16.9 Å². The van der Waals surface area contributed by atoms with Crippen molar-refractivity contribution in [1.82, 2.24) is 0 Å². The molecule has 0 aromatic carbocycles. The minimum absolute atomic E-state index is 1.18. The monoisotopic (exact) mass is 294 g/mol. The van der Waals surface area contributed by atoms with E-state index in [0.717, 1.165) is 0 Å². The van der Waals surface area contributed by atoms with Crippen molar-refractivity contribution in [3.05, 3.63) is 0 Å². The van der Waals surface area contributed by atoms with Gasteiger partial charge in [0.15, 0.2) is 0 Å². The third kappa shape index (κ3) is 6.87. The lowest BCUT2D eigenvalue weighted by Crippen LogP contribution is -2.44. The molecular weight excluding hydrogens is 282 g/mol. The van der Waals surface area contributed by atoms with Crippen molar-refractivity contribution >= 4 is 11.8 Å². The summed E-state index contributed by atoms with van der Waals surface area (Å²) in [5.74, 6) is -2.96. The highest BCUT2D eigenvalue weighted by Gasteiger charge is 2.49. The molecule has 1 unspecified atom stereocenters. The first-order valence-electron chi connectivity index (χ1n) is 4.99. The number of amides is 2. The summed E-state index contributed by atoms with van der Waals surface area (Å²) >= 11 is 0. The van der Waals surface area contributed by atoms with Gasteiger partial charge in [-0.15, -0.1) is 0 Å². The predicted octanol–water partition coefficient (Wildman–Crippen LogP) is 1.63. The van der Waals surface area contributed by atoms with Crippen LogP contribution in [-0.4, -0.2) is 24.2 Å². The van der Waals surface area contributed by atoms with Crippen molar-refractivity contribution in [1.29, 1.82) is 0 Å². The van der Waals surface area contributed by atoms with Gasteiger partial charge < -0.3 is 11.5 Å². The number of rotatable bonds is 6. The summed E-state index contributed by atoms with van der Waals surface area (Å²) in [5.41, 5.74) is 6.75. The van der Waals surface area contributed by atoms with E-state index in [1.807, 2.05) is 0 Å². The van der Waals surface area contributed by atoms with E-state index in [-0.39, 0.29) is 0 Å². The maximum absolute atomic E-state index is 12.3. The molecule has 0 heterocycles. The third-order valence-electron chi connectivity index (χ3n) is 2.46. The van der Waals surface area contributed by atoms with Crippen LogP contribution < -0.4 is 11.5 Å². The summed E-state index contributed by atoms with van der Waals surface area (Å²) in [5, 5.41) is 0. The normalized spacial score (nSPS) is 15.9. The molecule has 0 aliphatic carbocycles. The van der Waals surface area contributed by atoms with Crippen LogP contribution in [0.3, 0.4) is 0 Å². The van der Waals surface area contributed by atoms with Gasteiger partial charge in [0.2, 0.25) is 11.8 Å². The van der Waals surface area contributed by atoms with Crippen LogP contribution in [0.15, 0.2) is 0 Å². The Morgan fingerprint density at radius 3 is 1.58 bits per heavy atom. The molecule has 19 heavy (non-hydrogen) atoms. The van der Waals surface area contributed by atoms with Crippen LogP contribution in [0.1, 0.15) is 25.7 Å². The van der Waals surface area contributed by atoms with Crippen LogP contribution in [0.25, 0.3) is 0 Å². The van der Waals surface area contributed by atoms with E-state index in [9.17, 15) is 35.9 Å². The molecule has 0 aliphatic rings. The fourth-order valence-corrected chi connectivity index (χ4v) is 1.63. The highest BCUT2D eigenvalue weighted by molar-refractivity contribution is 5.87. The second kappa shape index (κ2) is 5.66. The maximum atomic E-state index is 12.3. The predicted molar refractivity (Wildman–Crippen MR) is 51.4 cm³/mol. The summed E-state index contributed by atoms with van der Waals surface area (Å²) in [4.78, 5) is 21.8. The molecule has 0 bridgehead atoms. The molecule has 0 saturated heterocycles. The first-order chi connectivity index (χ1) is 8.27. The first kappa shape index (κ1) is 17.5. The number of nitrogens with two attached hydrogens (primary N) is 2. The van der Waals surface area contributed by atoms with E-state index in [1.165, 1.54) is 0 Å². The lowest BCUT2D eigenvalue weighted by atomic mass is 9.75. The Balaban J connectivity index is 5.26. The molecule has 0 radical (unpaired) electrons. The smallest absolute Gasteiger partial charge is 0.370 e. The third-order valence-corrected chi connectivity index (χ3v) is 2.46. The van der Waals surface area contributed by atoms with E-state index in [4.69, 9.17) is 5.73 Å². The standard InChI is InChI=1S/C9H12F6N2O2/c10-8(11,12)2-1-7(6(17)19,3-5(16)18)4-9(13,14)15/h1-4H2,(H2,16,18)(H2,17,19). The largest absolute Gasteiger partial charge is 0.390 e. The van der Waals surface area contributed by atoms with Gasteiger partial charge in [0, 0.05) is 12.8 Å². The summed E-state index contributed by atoms with van der Waals surface area (Å²) in [6.07, 6.45) is -15.7. The molecular formula is C9H12F6N2O2. The van der Waals surface area contributed by atoms with E-state index < -0.39 is 55.3 Å². The average molecular weight is 294 g/mol. The lowest BCUT2D eigenvalue weighted by molar-refractivity contribution is -0.179. The van der Waals surface area contributed by atoms with Gasteiger partial charge >= 0.3 is 12.4 Å². The van der Waals surface area contributed by atoms with Gasteiger partial charge in [0.05, 0.1) is 11.8 Å². The second-order valence-electron chi connectivity index (χ2n) is 4.19. The summed E-state index contributed by atoms with van der Waals surface area (Å²) in [7, 11) is 0. The average Bonchev–Trinajstić information content (AvgIpc) is 2.09. The highest BCUT2D eigenvalue weighted by Crippen LogP contribution is 2.42. The van der Waals surface area contributed by atoms with E-state index in [1.54, 1.807) is 0 Å². The van der Waals surface area contributed by atoms with Crippen LogP contribution in [0.2, 0.25) is 0 Å². The van der Waals surface area contributed by atoms with Crippen molar-refractivity contribution in [2.45, 2.75) is 38.0 Å². The Morgan fingerprint density at radius 1 is 0.842 bits per heavy atom. The fraction of sp³-hybridized carbons (Fsp3) is 0.778. The fourth-order valence-electron chi connectivity index (χ4n) is 1.63. The van der Waals surface area contributed by atoms with Gasteiger partial charge in [-0.25, -0.2) is 0 Å². The summed E-state index contributed by atoms with van der Waals surface area (Å²) in [6, 6.07) is 0. The Labute approximate surface area is 104 Å². The van der Waals surface area contributed by atoms with E-state index in [2.05, 4.69) is 5.73 Å². The number of alkyl halides is 6. The minimum Gasteiger partial charge on any atom is -0.370 e. The van der Waals surface area contributed by atoms with Crippen LogP contribution in [-0.2, 0) is 9.59 Å². The first-order valence-corrected chi connectivity index (χ1v) is 4.99. The zero-order chi connectivity index (χ0) is 15.5. The molecule has 0 aromatic rings. The Hall–Kier alpha value is -1.48. The zero-order valence-corrected chi connectivity index (χ0v) is 9.57. The molecule has 1 atom stereocenters. The summed E-state index contributed by atoms with van der Waals surface area (Å²) in [6.45, 7) is 0. The van der Waals surface area contributed by atoms with Gasteiger partial charge in [-0.3, -0.25) is 9.59 Å².